The second-order valence-corrected chi connectivity index (χ2v) is 6.74. The largest absolute Gasteiger partial charge is 0.489 e. The molecular formula is C19H26ClNO4. The first-order valence-corrected chi connectivity index (χ1v) is 9.61. The van der Waals surface area contributed by atoms with Gasteiger partial charge in [0.25, 0.3) is 0 Å². The number of ether oxygens (including phenoxy) is 3. The van der Waals surface area contributed by atoms with Crippen LogP contribution in [0.5, 0.6) is 5.75 Å². The van der Waals surface area contributed by atoms with E-state index in [1.807, 2.05) is 12.1 Å². The molecule has 0 aromatic heterocycles. The summed E-state index contributed by atoms with van der Waals surface area (Å²) in [5, 5.41) is 0. The van der Waals surface area contributed by atoms with E-state index < -0.39 is 0 Å². The molecule has 3 rings (SSSR count). The van der Waals surface area contributed by atoms with E-state index in [2.05, 4.69) is 4.90 Å². The molecule has 1 aromatic rings. The van der Waals surface area contributed by atoms with E-state index in [1.165, 1.54) is 6.42 Å². The molecular weight excluding hydrogens is 342 g/mol. The van der Waals surface area contributed by atoms with Crippen LogP contribution in [0.15, 0.2) is 18.2 Å². The van der Waals surface area contributed by atoms with Crippen LogP contribution in [0.2, 0.25) is 0 Å². The van der Waals surface area contributed by atoms with E-state index in [0.29, 0.717) is 18.2 Å². The summed E-state index contributed by atoms with van der Waals surface area (Å²) in [6.07, 6.45) is 3.57. The number of hydrogen-bond donors (Lipinski definition) is 0. The zero-order chi connectivity index (χ0) is 17.6. The molecule has 0 bridgehead atoms. The van der Waals surface area contributed by atoms with Crippen molar-refractivity contribution in [3.05, 3.63) is 29.3 Å². The van der Waals surface area contributed by atoms with E-state index in [1.54, 1.807) is 13.0 Å². The van der Waals surface area contributed by atoms with Crippen LogP contribution in [-0.4, -0.2) is 55.9 Å². The van der Waals surface area contributed by atoms with Crippen molar-refractivity contribution in [3.63, 3.8) is 0 Å². The normalized spacial score (nSPS) is 24.2. The van der Waals surface area contributed by atoms with Gasteiger partial charge in [0.2, 0.25) is 0 Å². The molecule has 138 valence electrons. The van der Waals surface area contributed by atoms with Crippen LogP contribution in [0.3, 0.4) is 0 Å². The predicted molar refractivity (Wildman–Crippen MR) is 96.4 cm³/mol. The minimum absolute atomic E-state index is 0.176. The fraction of sp³-hybridized carbons (Fsp3) is 0.632. The first-order chi connectivity index (χ1) is 12.2. The molecule has 1 saturated carbocycles. The molecule has 1 saturated heterocycles. The maximum Gasteiger partial charge on any atom is 0.338 e. The Morgan fingerprint density at radius 3 is 2.84 bits per heavy atom. The zero-order valence-corrected chi connectivity index (χ0v) is 15.5. The number of halogens is 1. The number of nitrogens with zero attached hydrogens (tertiary/aromatic N) is 1. The van der Waals surface area contributed by atoms with Crippen LogP contribution in [0.4, 0.5) is 0 Å². The SMILES string of the molecule is CCOC(=O)c1ccc(O[C@H]2CCC[C@@H]2N2CCOCC2)cc1CCl. The maximum atomic E-state index is 12.0. The first kappa shape index (κ1) is 18.5. The molecule has 1 heterocycles. The fourth-order valence-corrected chi connectivity index (χ4v) is 3.93. The summed E-state index contributed by atoms with van der Waals surface area (Å²) in [5.74, 6) is 0.689. The van der Waals surface area contributed by atoms with Crippen LogP contribution in [0.1, 0.15) is 42.1 Å². The lowest BCUT2D eigenvalue weighted by Gasteiger charge is -2.35. The van der Waals surface area contributed by atoms with Gasteiger partial charge in [-0.1, -0.05) is 0 Å². The standard InChI is InChI=1S/C19H26ClNO4/c1-2-24-19(22)16-7-6-15(12-14(16)13-20)25-18-5-3-4-17(18)21-8-10-23-11-9-21/h6-7,12,17-18H,2-5,8-11,13H2,1H3/t17-,18-/m0/s1. The molecule has 6 heteroatoms. The third-order valence-corrected chi connectivity index (χ3v) is 5.22. The number of alkyl halides is 1. The number of morpholine rings is 1. The van der Waals surface area contributed by atoms with Crippen molar-refractivity contribution in [2.45, 2.75) is 44.2 Å². The van der Waals surface area contributed by atoms with Crippen LogP contribution >= 0.6 is 11.6 Å². The molecule has 5 nitrogen and oxygen atoms in total. The highest BCUT2D eigenvalue weighted by Crippen LogP contribution is 2.30. The van der Waals surface area contributed by atoms with Gasteiger partial charge in [0, 0.05) is 25.0 Å². The number of hydrogen-bond acceptors (Lipinski definition) is 5. The molecule has 0 spiro atoms. The van der Waals surface area contributed by atoms with Crippen molar-refractivity contribution in [1.29, 1.82) is 0 Å². The molecule has 2 fully saturated rings. The number of carbonyl (C=O) groups is 1. The van der Waals surface area contributed by atoms with E-state index in [9.17, 15) is 4.79 Å². The summed E-state index contributed by atoms with van der Waals surface area (Å²) in [6, 6.07) is 5.90. The molecule has 1 aliphatic heterocycles. The first-order valence-electron chi connectivity index (χ1n) is 9.07. The summed E-state index contributed by atoms with van der Waals surface area (Å²) < 4.78 is 16.8. The quantitative estimate of drug-likeness (QED) is 0.570. The molecule has 2 atom stereocenters. The van der Waals surface area contributed by atoms with Crippen molar-refractivity contribution >= 4 is 17.6 Å². The Morgan fingerprint density at radius 2 is 2.12 bits per heavy atom. The Morgan fingerprint density at radius 1 is 1.32 bits per heavy atom. The molecule has 0 unspecified atom stereocenters. The molecule has 1 aliphatic carbocycles. The van der Waals surface area contributed by atoms with Gasteiger partial charge in [-0.15, -0.1) is 11.6 Å². The Kier molecular flexibility index (Phi) is 6.57. The molecule has 1 aromatic carbocycles. The molecule has 0 amide bonds. The summed E-state index contributed by atoms with van der Waals surface area (Å²) in [6.45, 7) is 5.68. The van der Waals surface area contributed by atoms with E-state index in [0.717, 1.165) is 50.5 Å². The number of benzene rings is 1. The van der Waals surface area contributed by atoms with Gasteiger partial charge < -0.3 is 14.2 Å². The lowest BCUT2D eigenvalue weighted by atomic mass is 10.1. The van der Waals surface area contributed by atoms with Crippen molar-refractivity contribution in [2.24, 2.45) is 0 Å². The Labute approximate surface area is 154 Å². The van der Waals surface area contributed by atoms with E-state index in [-0.39, 0.29) is 18.0 Å². The van der Waals surface area contributed by atoms with Gasteiger partial charge in [0.15, 0.2) is 0 Å². The average Bonchev–Trinajstić information content (AvgIpc) is 3.10. The fourth-order valence-electron chi connectivity index (χ4n) is 3.71. The van der Waals surface area contributed by atoms with Gasteiger partial charge in [0.05, 0.1) is 25.4 Å². The highest BCUT2D eigenvalue weighted by atomic mass is 35.5. The molecule has 2 aliphatic rings. The zero-order valence-electron chi connectivity index (χ0n) is 14.7. The van der Waals surface area contributed by atoms with Gasteiger partial charge in [-0.3, -0.25) is 4.90 Å². The monoisotopic (exact) mass is 367 g/mol. The summed E-state index contributed by atoms with van der Waals surface area (Å²) in [5.41, 5.74) is 1.26. The van der Waals surface area contributed by atoms with E-state index in [4.69, 9.17) is 25.8 Å². The molecule has 0 radical (unpaired) electrons. The topological polar surface area (TPSA) is 48.0 Å². The smallest absolute Gasteiger partial charge is 0.338 e. The molecule has 25 heavy (non-hydrogen) atoms. The van der Waals surface area contributed by atoms with E-state index >= 15 is 0 Å². The van der Waals surface area contributed by atoms with Crippen molar-refractivity contribution < 1.29 is 19.0 Å². The van der Waals surface area contributed by atoms with Crippen LogP contribution in [0.25, 0.3) is 0 Å². The summed E-state index contributed by atoms with van der Waals surface area (Å²) in [7, 11) is 0. The second kappa shape index (κ2) is 8.88. The molecule has 0 N–H and O–H groups in total. The van der Waals surface area contributed by atoms with Gasteiger partial charge in [-0.25, -0.2) is 4.79 Å². The number of rotatable bonds is 6. The highest BCUT2D eigenvalue weighted by Gasteiger charge is 2.34. The third kappa shape index (κ3) is 4.46. The number of esters is 1. The van der Waals surface area contributed by atoms with Gasteiger partial charge in [-0.2, -0.15) is 0 Å². The van der Waals surface area contributed by atoms with Crippen LogP contribution in [0, 0.1) is 0 Å². The Bertz CT molecular complexity index is 589. The van der Waals surface area contributed by atoms with Crippen molar-refractivity contribution in [1.82, 2.24) is 4.90 Å². The van der Waals surface area contributed by atoms with Gasteiger partial charge >= 0.3 is 5.97 Å². The lowest BCUT2D eigenvalue weighted by Crippen LogP contribution is -2.48. The highest BCUT2D eigenvalue weighted by molar-refractivity contribution is 6.17. The third-order valence-electron chi connectivity index (χ3n) is 4.94. The van der Waals surface area contributed by atoms with Gasteiger partial charge in [-0.05, 0) is 49.9 Å². The van der Waals surface area contributed by atoms with Crippen molar-refractivity contribution in [3.8, 4) is 5.75 Å². The minimum atomic E-state index is -0.336. The summed E-state index contributed by atoms with van der Waals surface area (Å²) in [4.78, 5) is 14.5. The van der Waals surface area contributed by atoms with Crippen LogP contribution in [-0.2, 0) is 15.4 Å². The summed E-state index contributed by atoms with van der Waals surface area (Å²) >= 11 is 6.03. The predicted octanol–water partition coefficient (Wildman–Crippen LogP) is 3.23. The maximum absolute atomic E-state index is 12.0. The minimum Gasteiger partial charge on any atom is -0.489 e. The Hall–Kier alpha value is -1.30. The van der Waals surface area contributed by atoms with Crippen molar-refractivity contribution in [2.75, 3.05) is 32.9 Å². The lowest BCUT2D eigenvalue weighted by molar-refractivity contribution is -0.00592. The second-order valence-electron chi connectivity index (χ2n) is 6.48. The average molecular weight is 368 g/mol. The van der Waals surface area contributed by atoms with Gasteiger partial charge in [0.1, 0.15) is 11.9 Å². The van der Waals surface area contributed by atoms with Crippen LogP contribution < -0.4 is 4.74 Å². The number of carbonyl (C=O) groups excluding carboxylic acids is 1. The Balaban J connectivity index is 1.70.